The molecule has 1 saturated heterocycles. The monoisotopic (exact) mass is 896 g/mol. The number of aliphatic carboxylic acids is 1. The van der Waals surface area contributed by atoms with E-state index in [1.807, 2.05) is 66.7 Å². The van der Waals surface area contributed by atoms with E-state index in [9.17, 15) is 24.3 Å². The van der Waals surface area contributed by atoms with Gasteiger partial charge in [-0.05, 0) is 77.2 Å². The lowest BCUT2D eigenvalue weighted by Crippen LogP contribution is -2.34. The van der Waals surface area contributed by atoms with E-state index in [1.54, 1.807) is 19.1 Å². The minimum atomic E-state index is -1.22. The van der Waals surface area contributed by atoms with Gasteiger partial charge in [-0.1, -0.05) is 138 Å². The van der Waals surface area contributed by atoms with Crippen LogP contribution in [0.15, 0.2) is 149 Å². The van der Waals surface area contributed by atoms with Crippen molar-refractivity contribution in [2.75, 3.05) is 18.1 Å². The number of anilines is 3. The molecule has 11 nitrogen and oxygen atoms in total. The van der Waals surface area contributed by atoms with E-state index < -0.39 is 29.5 Å². The molecular weight excluding hydrogens is 861 g/mol. The first-order chi connectivity index (χ1) is 30.1. The summed E-state index contributed by atoms with van der Waals surface area (Å²) in [6.45, 7) is 1.21. The van der Waals surface area contributed by atoms with Crippen LogP contribution in [0.25, 0.3) is 39.3 Å². The zero-order valence-corrected chi connectivity index (χ0v) is 36.4. The predicted molar refractivity (Wildman–Crippen MR) is 252 cm³/mol. The number of thiocarbonyl (C=S) groups is 1. The maximum Gasteiger partial charge on any atom is 0.323 e. The van der Waals surface area contributed by atoms with Crippen LogP contribution in [-0.2, 0) is 21.5 Å². The molecule has 5 aromatic carbocycles. The zero-order valence-electron chi connectivity index (χ0n) is 33.2. The number of thiazole rings is 2. The highest BCUT2D eigenvalue weighted by Crippen LogP contribution is 2.37. The Balaban J connectivity index is 1.13. The topological polar surface area (TPSA) is 123 Å². The van der Waals surface area contributed by atoms with Crippen molar-refractivity contribution in [3.05, 3.63) is 184 Å². The Morgan fingerprint density at radius 2 is 1.26 bits per heavy atom. The Hall–Kier alpha value is -6.62. The number of rotatable bonds is 12. The van der Waals surface area contributed by atoms with Gasteiger partial charge in [0, 0.05) is 24.1 Å². The summed E-state index contributed by atoms with van der Waals surface area (Å²) >= 11 is 8.17. The first-order valence-corrected chi connectivity index (χ1v) is 22.1. The van der Waals surface area contributed by atoms with E-state index in [0.29, 0.717) is 0 Å². The Kier molecular flexibility index (Phi) is 12.6. The fourth-order valence-corrected chi connectivity index (χ4v) is 10.3. The number of carboxylic acid groups (broad SMARTS) is 1. The van der Waals surface area contributed by atoms with Crippen LogP contribution in [0, 0.1) is 9.20 Å². The molecule has 15 heteroatoms. The number of amides is 1. The highest BCUT2D eigenvalue weighted by atomic mass is 32.2. The van der Waals surface area contributed by atoms with Crippen molar-refractivity contribution in [1.29, 1.82) is 0 Å². The third kappa shape index (κ3) is 8.75. The maximum atomic E-state index is 13.7. The SMILES string of the molecule is CCOOn1c(=O)/c(=C\C=C\c2ccc(N(c3ccc(-c4ccccc4)cc3)c3ccc(-c4ccccc4)cc3)cc2)s/c1=c1/s/c(=C2\SC(=S)N(CC(=O)O)C2=O)n(C)c1=O. The average Bonchev–Trinajstić information content (AvgIpc) is 3.87. The molecule has 0 saturated carbocycles. The van der Waals surface area contributed by atoms with Crippen LogP contribution < -0.4 is 30.2 Å². The lowest BCUT2D eigenvalue weighted by Gasteiger charge is -2.26. The molecular formula is C47H36N4O7S4. The molecule has 8 rings (SSSR count). The summed E-state index contributed by atoms with van der Waals surface area (Å²) in [5, 5.41) is 9.26. The van der Waals surface area contributed by atoms with Crippen LogP contribution in [0.3, 0.4) is 0 Å². The molecule has 1 aliphatic rings. The van der Waals surface area contributed by atoms with Crippen LogP contribution in [-0.4, -0.2) is 48.7 Å². The van der Waals surface area contributed by atoms with Crippen molar-refractivity contribution in [1.82, 2.24) is 14.2 Å². The van der Waals surface area contributed by atoms with Gasteiger partial charge < -0.3 is 14.6 Å². The molecule has 0 aliphatic carbocycles. The molecule has 2 aromatic heterocycles. The fourth-order valence-electron chi connectivity index (χ4n) is 6.68. The van der Waals surface area contributed by atoms with Crippen LogP contribution in [0.2, 0.25) is 0 Å². The molecule has 0 radical (unpaired) electrons. The fraction of sp³-hybridized carbons (Fsp3) is 0.0851. The largest absolute Gasteiger partial charge is 0.480 e. The van der Waals surface area contributed by atoms with Gasteiger partial charge in [0.15, 0.2) is 4.66 Å². The van der Waals surface area contributed by atoms with E-state index >= 15 is 0 Å². The van der Waals surface area contributed by atoms with Gasteiger partial charge in [-0.2, -0.15) is 4.89 Å². The lowest BCUT2D eigenvalue weighted by molar-refractivity contribution is -0.292. The van der Waals surface area contributed by atoms with Crippen molar-refractivity contribution >= 4 is 97.0 Å². The summed E-state index contributed by atoms with van der Waals surface area (Å²) in [5.41, 5.74) is 7.33. The minimum absolute atomic E-state index is 0.0702. The highest BCUT2D eigenvalue weighted by Gasteiger charge is 2.35. The number of hydrogen-bond donors (Lipinski definition) is 1. The molecule has 0 unspecified atom stereocenters. The number of carbonyl (C=O) groups excluding carboxylic acids is 1. The summed E-state index contributed by atoms with van der Waals surface area (Å²) in [6.07, 6.45) is 5.26. The molecule has 0 spiro atoms. The molecule has 1 amide bonds. The van der Waals surface area contributed by atoms with Crippen molar-refractivity contribution in [3.8, 4) is 22.3 Å². The number of aromatic nitrogens is 2. The van der Waals surface area contributed by atoms with Gasteiger partial charge >= 0.3 is 11.5 Å². The molecule has 1 fully saturated rings. The van der Waals surface area contributed by atoms with E-state index in [0.717, 1.165) is 88.9 Å². The summed E-state index contributed by atoms with van der Waals surface area (Å²) in [4.78, 5) is 65.6. The molecule has 0 atom stereocenters. The number of carbonyl (C=O) groups is 2. The number of allylic oxidation sites excluding steroid dienone is 1. The molecule has 3 heterocycles. The third-order valence-corrected chi connectivity index (χ3v) is 13.8. The second kappa shape index (κ2) is 18.6. The minimum Gasteiger partial charge on any atom is -0.480 e. The van der Waals surface area contributed by atoms with Crippen LogP contribution in [0.4, 0.5) is 17.1 Å². The van der Waals surface area contributed by atoms with E-state index in [4.69, 9.17) is 22.1 Å². The number of nitrogens with zero attached hydrogens (tertiary/aromatic N) is 4. The van der Waals surface area contributed by atoms with Gasteiger partial charge in [-0.25, -0.2) is 4.99 Å². The first kappa shape index (κ1) is 42.1. The molecule has 62 heavy (non-hydrogen) atoms. The highest BCUT2D eigenvalue weighted by molar-refractivity contribution is 8.30. The summed E-state index contributed by atoms with van der Waals surface area (Å²) < 4.78 is 3.08. The third-order valence-electron chi connectivity index (χ3n) is 9.72. The van der Waals surface area contributed by atoms with Crippen LogP contribution in [0.5, 0.6) is 0 Å². The molecule has 7 aromatic rings. The maximum absolute atomic E-state index is 13.7. The van der Waals surface area contributed by atoms with Crippen molar-refractivity contribution in [2.24, 2.45) is 7.05 Å². The number of hydrogen-bond acceptors (Lipinski definition) is 11. The first-order valence-electron chi connectivity index (χ1n) is 19.2. The molecule has 1 N–H and O–H groups in total. The lowest BCUT2D eigenvalue weighted by atomic mass is 10.0. The van der Waals surface area contributed by atoms with Crippen LogP contribution >= 0.6 is 46.7 Å². The van der Waals surface area contributed by atoms with Gasteiger partial charge in [-0.3, -0.25) is 24.1 Å². The summed E-state index contributed by atoms with van der Waals surface area (Å²) in [7, 11) is 1.49. The Bertz CT molecular complexity index is 3100. The standard InChI is InChI=1S/C47H36N4O7S4/c1-3-57-58-51-42(54)38(60-46(51)40-43(55)48(2)45(61-40)41-44(56)49(29-39(52)53)47(59)62-41)16-10-11-30-17-23-35(24-18-30)50(36-25-19-33(20-26-36)31-12-6-4-7-13-31)37-27-21-34(22-28-37)32-14-8-5-9-15-32/h4-28H,3,29H2,1-2H3,(H,52,53)/b11-10+,38-16+,45-41-,46-40+. The Morgan fingerprint density at radius 3 is 1.79 bits per heavy atom. The van der Waals surface area contributed by atoms with Gasteiger partial charge in [0.1, 0.15) is 25.0 Å². The summed E-state index contributed by atoms with van der Waals surface area (Å²) in [6, 6.07) is 45.6. The van der Waals surface area contributed by atoms with Gasteiger partial charge in [0.25, 0.3) is 11.5 Å². The van der Waals surface area contributed by atoms with Crippen molar-refractivity contribution in [3.63, 3.8) is 0 Å². The zero-order chi connectivity index (χ0) is 43.3. The van der Waals surface area contributed by atoms with Crippen LogP contribution in [0.1, 0.15) is 12.5 Å². The summed E-state index contributed by atoms with van der Waals surface area (Å²) in [5.74, 6) is -1.84. The predicted octanol–water partition coefficient (Wildman–Crippen LogP) is 7.69. The van der Waals surface area contributed by atoms with Gasteiger partial charge in [0.05, 0.1) is 11.1 Å². The second-order valence-corrected chi connectivity index (χ2v) is 17.4. The number of carboxylic acids is 1. The van der Waals surface area contributed by atoms with Crippen molar-refractivity contribution < 1.29 is 24.6 Å². The average molecular weight is 897 g/mol. The normalized spacial score (nSPS) is 14.5. The van der Waals surface area contributed by atoms with Crippen molar-refractivity contribution in [2.45, 2.75) is 6.92 Å². The number of thioether (sulfide) groups is 1. The second-order valence-electron chi connectivity index (χ2n) is 13.7. The van der Waals surface area contributed by atoms with E-state index in [-0.39, 0.29) is 34.2 Å². The van der Waals surface area contributed by atoms with E-state index in [1.165, 1.54) is 11.6 Å². The molecule has 310 valence electrons. The van der Waals surface area contributed by atoms with E-state index in [2.05, 4.69) is 77.7 Å². The number of benzene rings is 5. The quantitative estimate of drug-likeness (QED) is 0.0743. The Morgan fingerprint density at radius 1 is 0.726 bits per heavy atom. The molecule has 1 aliphatic heterocycles. The van der Waals surface area contributed by atoms with Gasteiger partial charge in [0.2, 0.25) is 0 Å². The molecule has 0 bridgehead atoms. The smallest absolute Gasteiger partial charge is 0.323 e. The van der Waals surface area contributed by atoms with Gasteiger partial charge in [-0.15, -0.1) is 22.7 Å². The Labute approximate surface area is 372 Å².